The van der Waals surface area contributed by atoms with Crippen molar-refractivity contribution in [3.63, 3.8) is 0 Å². The van der Waals surface area contributed by atoms with E-state index in [0.29, 0.717) is 22.3 Å². The zero-order valence-electron chi connectivity index (χ0n) is 16.3. The Morgan fingerprint density at radius 3 is 1.12 bits per heavy atom. The lowest BCUT2D eigenvalue weighted by Crippen LogP contribution is -2.21. The highest BCUT2D eigenvalue weighted by molar-refractivity contribution is 6.28. The molecule has 0 saturated heterocycles. The number of rotatable bonds is 0. The van der Waals surface area contributed by atoms with E-state index in [1.165, 1.54) is 0 Å². The van der Waals surface area contributed by atoms with Gasteiger partial charge in [-0.3, -0.25) is 9.59 Å². The fraction of sp³-hybridized carbons (Fsp3) is 0.364. The van der Waals surface area contributed by atoms with Crippen LogP contribution in [0.15, 0.2) is 36.4 Å². The van der Waals surface area contributed by atoms with Gasteiger partial charge in [-0.25, -0.2) is 0 Å². The van der Waals surface area contributed by atoms with Gasteiger partial charge in [0.05, 0.1) is 0 Å². The topological polar surface area (TPSA) is 34.1 Å². The van der Waals surface area contributed by atoms with Crippen LogP contribution in [0.25, 0.3) is 0 Å². The molecule has 3 rings (SSSR count). The number of carbonyl (C=O) groups excluding carboxylic acids is 2. The molecule has 0 aromatic heterocycles. The number of carbonyl (C=O) groups is 2. The first-order valence-electron chi connectivity index (χ1n) is 8.89. The monoisotopic (exact) mass is 326 g/mol. The summed E-state index contributed by atoms with van der Waals surface area (Å²) in [5, 5.41) is 0. The Hall–Kier alpha value is -2.22. The van der Waals surface area contributed by atoms with Crippen LogP contribution in [0.2, 0.25) is 0 Å². The van der Waals surface area contributed by atoms with Crippen LogP contribution in [-0.4, -0.2) is 11.6 Å². The molecule has 0 fully saturated rings. The van der Waals surface area contributed by atoms with Crippen LogP contribution >= 0.6 is 0 Å². The highest BCUT2D eigenvalue weighted by atomic mass is 16.1. The highest BCUT2D eigenvalue weighted by Gasteiger charge is 2.29. The van der Waals surface area contributed by atoms with E-state index in [9.17, 15) is 9.59 Å². The molecule has 1 aliphatic carbocycles. The minimum Gasteiger partial charge on any atom is -0.289 e. The van der Waals surface area contributed by atoms with Crippen LogP contribution in [0.3, 0.4) is 0 Å². The van der Waals surface area contributed by atoms with Gasteiger partial charge < -0.3 is 0 Å². The van der Waals surface area contributed by atoms with Gasteiger partial charge in [0.25, 0.3) is 0 Å². The molecule has 0 heterocycles. The first-order chi connectivity index (χ1) is 11.6. The van der Waals surface area contributed by atoms with E-state index in [4.69, 9.17) is 0 Å². The molecule has 24 heavy (non-hydrogen) atoms. The largest absolute Gasteiger partial charge is 0.289 e. The van der Waals surface area contributed by atoms with E-state index in [1.54, 1.807) is 24.3 Å². The molecule has 0 unspecified atom stereocenters. The molecule has 0 amide bonds. The number of benzene rings is 2. The zero-order valence-corrected chi connectivity index (χ0v) is 16.3. The molecule has 2 nitrogen and oxygen atoms in total. The van der Waals surface area contributed by atoms with Gasteiger partial charge in [-0.2, -0.15) is 0 Å². The molecule has 0 bridgehead atoms. The summed E-state index contributed by atoms with van der Waals surface area (Å²) in [4.78, 5) is 24.7. The fourth-order valence-corrected chi connectivity index (χ4v) is 2.36. The lowest BCUT2D eigenvalue weighted by molar-refractivity contribution is 0.0979. The summed E-state index contributed by atoms with van der Waals surface area (Å²) < 4.78 is 0. The Labute approximate surface area is 146 Å². The molecule has 0 spiro atoms. The van der Waals surface area contributed by atoms with Crippen molar-refractivity contribution in [1.82, 2.24) is 0 Å². The molecule has 2 heteroatoms. The summed E-state index contributed by atoms with van der Waals surface area (Å²) in [5.74, 6) is -0.105. The van der Waals surface area contributed by atoms with Crippen molar-refractivity contribution < 1.29 is 9.59 Å². The van der Waals surface area contributed by atoms with Crippen molar-refractivity contribution in [3.8, 4) is 0 Å². The van der Waals surface area contributed by atoms with E-state index >= 15 is 0 Å². The summed E-state index contributed by atoms with van der Waals surface area (Å²) in [6.45, 7) is 15.9. The smallest absolute Gasteiger partial charge is 0.194 e. The second-order valence-corrected chi connectivity index (χ2v) is 4.69. The SMILES string of the molecule is CC.CC.CC.Cc1cc2c(cc1C)C(=O)c1ccccc1C2=O. The molecule has 0 atom stereocenters. The average molecular weight is 326 g/mol. The third-order valence-corrected chi connectivity index (χ3v) is 3.54. The van der Waals surface area contributed by atoms with E-state index in [0.717, 1.165) is 11.1 Å². The molecule has 2 aromatic carbocycles. The van der Waals surface area contributed by atoms with Crippen molar-refractivity contribution in [2.75, 3.05) is 0 Å². The Kier molecular flexibility index (Phi) is 9.56. The van der Waals surface area contributed by atoms with E-state index < -0.39 is 0 Å². The quantitative estimate of drug-likeness (QED) is 0.496. The molecule has 0 aliphatic heterocycles. The van der Waals surface area contributed by atoms with Crippen LogP contribution in [0.5, 0.6) is 0 Å². The Bertz CT molecular complexity index is 637. The van der Waals surface area contributed by atoms with Gasteiger partial charge in [-0.15, -0.1) is 0 Å². The normalized spacial score (nSPS) is 10.7. The second kappa shape index (κ2) is 10.5. The van der Waals surface area contributed by atoms with Crippen LogP contribution < -0.4 is 0 Å². The molecular weight excluding hydrogens is 296 g/mol. The van der Waals surface area contributed by atoms with Gasteiger partial charge in [0.15, 0.2) is 11.6 Å². The van der Waals surface area contributed by atoms with Gasteiger partial charge in [0.2, 0.25) is 0 Å². The minimum absolute atomic E-state index is 0.0525. The van der Waals surface area contributed by atoms with E-state index in [-0.39, 0.29) is 11.6 Å². The molecule has 0 saturated carbocycles. The number of aryl methyl sites for hydroxylation is 2. The highest BCUT2D eigenvalue weighted by Crippen LogP contribution is 2.28. The Balaban J connectivity index is 0.000000798. The fourth-order valence-electron chi connectivity index (χ4n) is 2.36. The Morgan fingerprint density at radius 1 is 0.542 bits per heavy atom. The summed E-state index contributed by atoms with van der Waals surface area (Å²) in [5.41, 5.74) is 4.16. The van der Waals surface area contributed by atoms with Gasteiger partial charge in [0, 0.05) is 22.3 Å². The van der Waals surface area contributed by atoms with Crippen LogP contribution in [-0.2, 0) is 0 Å². The summed E-state index contributed by atoms with van der Waals surface area (Å²) in [6, 6.07) is 10.6. The molecule has 1 aliphatic rings. The van der Waals surface area contributed by atoms with Crippen molar-refractivity contribution in [2.24, 2.45) is 0 Å². The maximum absolute atomic E-state index is 12.4. The molecule has 130 valence electrons. The van der Waals surface area contributed by atoms with Crippen LogP contribution in [0.1, 0.15) is 84.5 Å². The lowest BCUT2D eigenvalue weighted by Gasteiger charge is -2.18. The van der Waals surface area contributed by atoms with Gasteiger partial charge in [-0.1, -0.05) is 65.8 Å². The average Bonchev–Trinajstić information content (AvgIpc) is 2.66. The summed E-state index contributed by atoms with van der Waals surface area (Å²) in [7, 11) is 0. The van der Waals surface area contributed by atoms with Gasteiger partial charge in [0.1, 0.15) is 0 Å². The third-order valence-electron chi connectivity index (χ3n) is 3.54. The van der Waals surface area contributed by atoms with Crippen LogP contribution in [0, 0.1) is 13.8 Å². The zero-order chi connectivity index (χ0) is 18.9. The van der Waals surface area contributed by atoms with Gasteiger partial charge >= 0.3 is 0 Å². The Morgan fingerprint density at radius 2 is 0.833 bits per heavy atom. The van der Waals surface area contributed by atoms with Gasteiger partial charge in [-0.05, 0) is 37.1 Å². The molecular formula is C22H30O2. The third kappa shape index (κ3) is 4.19. The number of hydrogen-bond acceptors (Lipinski definition) is 2. The standard InChI is InChI=1S/C16H12O2.3C2H6/c1-9-7-13-14(8-10(9)2)16(18)12-6-4-3-5-11(12)15(13)17;3*1-2/h3-8H,1-2H3;3*1-2H3. The first kappa shape index (κ1) is 21.8. The predicted molar refractivity (Wildman–Crippen MR) is 103 cm³/mol. The van der Waals surface area contributed by atoms with Crippen molar-refractivity contribution in [2.45, 2.75) is 55.4 Å². The van der Waals surface area contributed by atoms with E-state index in [2.05, 4.69) is 0 Å². The van der Waals surface area contributed by atoms with Crippen molar-refractivity contribution in [3.05, 3.63) is 69.8 Å². The predicted octanol–water partition coefficient (Wildman–Crippen LogP) is 6.16. The van der Waals surface area contributed by atoms with Crippen molar-refractivity contribution >= 4 is 11.6 Å². The summed E-state index contributed by atoms with van der Waals surface area (Å²) >= 11 is 0. The number of ketones is 2. The minimum atomic E-state index is -0.0525. The molecule has 2 aromatic rings. The number of fused-ring (bicyclic) bond motifs is 2. The maximum Gasteiger partial charge on any atom is 0.194 e. The first-order valence-corrected chi connectivity index (χ1v) is 8.89. The van der Waals surface area contributed by atoms with Crippen LogP contribution in [0.4, 0.5) is 0 Å². The van der Waals surface area contributed by atoms with E-state index in [1.807, 2.05) is 67.5 Å². The lowest BCUT2D eigenvalue weighted by atomic mass is 9.82. The summed E-state index contributed by atoms with van der Waals surface area (Å²) in [6.07, 6.45) is 0. The molecule has 0 radical (unpaired) electrons. The second-order valence-electron chi connectivity index (χ2n) is 4.69. The van der Waals surface area contributed by atoms with Crippen molar-refractivity contribution in [1.29, 1.82) is 0 Å². The molecule has 0 N–H and O–H groups in total. The number of hydrogen-bond donors (Lipinski definition) is 0. The maximum atomic E-state index is 12.4.